The summed E-state index contributed by atoms with van der Waals surface area (Å²) in [5.74, 6) is 1.62. The van der Waals surface area contributed by atoms with Crippen LogP contribution >= 0.6 is 0 Å². The lowest BCUT2D eigenvalue weighted by Gasteiger charge is -2.25. The third-order valence-electron chi connectivity index (χ3n) is 7.07. The average molecular weight is 514 g/mol. The van der Waals surface area contributed by atoms with Crippen molar-refractivity contribution < 1.29 is 8.42 Å². The number of anilines is 1. The second-order valence-electron chi connectivity index (χ2n) is 9.29. The number of nitrogens with zero attached hydrogens (tertiary/aromatic N) is 9. The molecule has 4 aromatic heterocycles. The Morgan fingerprint density at radius 1 is 1.03 bits per heavy atom. The first kappa shape index (κ1) is 23.1. The van der Waals surface area contributed by atoms with Crippen molar-refractivity contribution in [2.24, 2.45) is 0 Å². The molecule has 0 aliphatic heterocycles. The normalized spacial score (nSPS) is 17.9. The monoisotopic (exact) mass is 513 g/mol. The molecule has 6 rings (SSSR count). The molecule has 0 unspecified atom stereocenters. The summed E-state index contributed by atoms with van der Waals surface area (Å²) in [5, 5.41) is 17.8. The highest BCUT2D eigenvalue weighted by molar-refractivity contribution is 7.90. The fourth-order valence-corrected chi connectivity index (χ4v) is 6.32. The molecule has 11 nitrogen and oxygen atoms in total. The average Bonchev–Trinajstić information content (AvgIpc) is 3.66. The Kier molecular flexibility index (Phi) is 5.38. The molecule has 0 radical (unpaired) electrons. The van der Waals surface area contributed by atoms with Crippen LogP contribution in [0.4, 0.5) is 5.82 Å². The third kappa shape index (κ3) is 3.79. The Bertz CT molecular complexity index is 1770. The van der Waals surface area contributed by atoms with Crippen molar-refractivity contribution >= 4 is 32.7 Å². The van der Waals surface area contributed by atoms with Gasteiger partial charge >= 0.3 is 0 Å². The van der Waals surface area contributed by atoms with E-state index in [0.717, 1.165) is 30.7 Å². The van der Waals surface area contributed by atoms with Crippen LogP contribution in [0, 0.1) is 18.3 Å². The predicted octanol–water partition coefficient (Wildman–Crippen LogP) is 3.06. The van der Waals surface area contributed by atoms with Gasteiger partial charge in [-0.25, -0.2) is 27.3 Å². The second kappa shape index (κ2) is 8.63. The number of benzene rings is 1. The number of rotatable bonds is 5. The first-order valence-corrected chi connectivity index (χ1v) is 13.3. The van der Waals surface area contributed by atoms with Crippen LogP contribution in [0.1, 0.15) is 42.3 Å². The molecule has 1 fully saturated rings. The number of nitriles is 1. The van der Waals surface area contributed by atoms with Gasteiger partial charge in [0.1, 0.15) is 17.7 Å². The van der Waals surface area contributed by atoms with Gasteiger partial charge < -0.3 is 4.90 Å². The van der Waals surface area contributed by atoms with E-state index in [1.807, 2.05) is 24.4 Å². The van der Waals surface area contributed by atoms with Gasteiger partial charge in [-0.3, -0.25) is 4.40 Å². The molecule has 1 aromatic carbocycles. The van der Waals surface area contributed by atoms with Crippen LogP contribution in [0.15, 0.2) is 60.0 Å². The standard InChI is InChI=1S/C25H23N9O2S/c1-16-3-7-20(8-4-16)37(35,36)33-10-9-21-25(33)29-15-23-30-31-24(34(21)23)17-5-6-19(11-17)32(2)22-14-27-18(12-26)13-28-22/h3-4,7-10,13-15,17,19H,5-6,11H2,1-2H3/t17-,19-/m0/s1. The lowest BCUT2D eigenvalue weighted by molar-refractivity contribution is 0.588. The Morgan fingerprint density at radius 3 is 2.57 bits per heavy atom. The third-order valence-corrected chi connectivity index (χ3v) is 8.75. The molecule has 1 saturated carbocycles. The van der Waals surface area contributed by atoms with E-state index >= 15 is 0 Å². The number of aryl methyl sites for hydroxylation is 1. The molecule has 2 atom stereocenters. The lowest BCUT2D eigenvalue weighted by Crippen LogP contribution is -2.30. The van der Waals surface area contributed by atoms with E-state index in [9.17, 15) is 8.42 Å². The first-order valence-electron chi connectivity index (χ1n) is 11.8. The van der Waals surface area contributed by atoms with E-state index < -0.39 is 10.0 Å². The topological polar surface area (TPSA) is 135 Å². The molecular weight excluding hydrogens is 490 g/mol. The second-order valence-corrected chi connectivity index (χ2v) is 11.1. The van der Waals surface area contributed by atoms with Gasteiger partial charge in [0, 0.05) is 25.2 Å². The fraction of sp³-hybridized carbons (Fsp3) is 0.280. The van der Waals surface area contributed by atoms with Gasteiger partial charge in [0.05, 0.1) is 29.0 Å². The summed E-state index contributed by atoms with van der Waals surface area (Å²) in [4.78, 5) is 15.2. The summed E-state index contributed by atoms with van der Waals surface area (Å²) in [7, 11) is -1.84. The molecule has 0 N–H and O–H groups in total. The van der Waals surface area contributed by atoms with Crippen molar-refractivity contribution in [3.63, 3.8) is 0 Å². The van der Waals surface area contributed by atoms with Crippen LogP contribution in [-0.2, 0) is 10.0 Å². The summed E-state index contributed by atoms with van der Waals surface area (Å²) in [5.41, 5.74) is 2.81. The van der Waals surface area contributed by atoms with Gasteiger partial charge in [-0.2, -0.15) is 5.26 Å². The Balaban J connectivity index is 1.34. The van der Waals surface area contributed by atoms with Gasteiger partial charge in [-0.05, 0) is 44.4 Å². The molecular formula is C25H23N9O2S. The van der Waals surface area contributed by atoms with E-state index in [0.29, 0.717) is 22.6 Å². The van der Waals surface area contributed by atoms with Crippen LogP contribution in [-0.4, -0.2) is 55.0 Å². The maximum absolute atomic E-state index is 13.4. The van der Waals surface area contributed by atoms with Crippen LogP contribution in [0.5, 0.6) is 0 Å². The zero-order chi connectivity index (χ0) is 25.7. The quantitative estimate of drug-likeness (QED) is 0.347. The maximum Gasteiger partial charge on any atom is 0.269 e. The van der Waals surface area contributed by atoms with Crippen molar-refractivity contribution in [1.82, 2.24) is 33.5 Å². The Hall–Kier alpha value is -4.37. The zero-order valence-electron chi connectivity index (χ0n) is 20.2. The SMILES string of the molecule is Cc1ccc(S(=O)(=O)n2ccc3c2ncc2nnc([C@H]4CC[C@H](N(C)c5cnc(C#N)cn5)C4)n23)cc1. The molecule has 5 aromatic rings. The van der Waals surface area contributed by atoms with Crippen LogP contribution in [0.25, 0.3) is 16.8 Å². The first-order chi connectivity index (χ1) is 17.9. The molecule has 4 heterocycles. The minimum absolute atomic E-state index is 0.122. The smallest absolute Gasteiger partial charge is 0.269 e. The highest BCUT2D eigenvalue weighted by atomic mass is 32.2. The van der Waals surface area contributed by atoms with Gasteiger partial charge in [0.15, 0.2) is 17.0 Å². The Morgan fingerprint density at radius 2 is 1.84 bits per heavy atom. The van der Waals surface area contributed by atoms with Gasteiger partial charge in [-0.15, -0.1) is 10.2 Å². The minimum Gasteiger partial charge on any atom is -0.355 e. The molecule has 1 aliphatic rings. The van der Waals surface area contributed by atoms with E-state index in [4.69, 9.17) is 5.26 Å². The van der Waals surface area contributed by atoms with Crippen molar-refractivity contribution in [3.05, 3.63) is 72.2 Å². The highest BCUT2D eigenvalue weighted by Gasteiger charge is 2.33. The molecule has 12 heteroatoms. The molecule has 186 valence electrons. The van der Waals surface area contributed by atoms with E-state index in [2.05, 4.69) is 30.0 Å². The number of hydrogen-bond acceptors (Lipinski definition) is 9. The predicted molar refractivity (Wildman–Crippen MR) is 136 cm³/mol. The van der Waals surface area contributed by atoms with E-state index in [1.54, 1.807) is 42.7 Å². The zero-order valence-corrected chi connectivity index (χ0v) is 21.0. The van der Waals surface area contributed by atoms with Crippen LogP contribution in [0.2, 0.25) is 0 Å². The van der Waals surface area contributed by atoms with Gasteiger partial charge in [0.25, 0.3) is 10.0 Å². The minimum atomic E-state index is -3.82. The van der Waals surface area contributed by atoms with Gasteiger partial charge in [0.2, 0.25) is 0 Å². The largest absolute Gasteiger partial charge is 0.355 e. The molecule has 0 amide bonds. The van der Waals surface area contributed by atoms with Gasteiger partial charge in [-0.1, -0.05) is 17.7 Å². The van der Waals surface area contributed by atoms with Crippen LogP contribution in [0.3, 0.4) is 0 Å². The molecule has 1 aliphatic carbocycles. The molecule has 0 saturated heterocycles. The summed E-state index contributed by atoms with van der Waals surface area (Å²) in [6, 6.07) is 10.7. The fourth-order valence-electron chi connectivity index (χ4n) is 5.03. The maximum atomic E-state index is 13.4. The summed E-state index contributed by atoms with van der Waals surface area (Å²) in [6.07, 6.45) is 8.83. The summed E-state index contributed by atoms with van der Waals surface area (Å²) < 4.78 is 29.9. The van der Waals surface area contributed by atoms with E-state index in [-0.39, 0.29) is 22.5 Å². The number of fused-ring (bicyclic) bond motifs is 3. The Labute approximate surface area is 213 Å². The van der Waals surface area contributed by atoms with Crippen LogP contribution < -0.4 is 4.90 Å². The van der Waals surface area contributed by atoms with Crippen molar-refractivity contribution in [2.75, 3.05) is 11.9 Å². The van der Waals surface area contributed by atoms with Crippen molar-refractivity contribution in [1.29, 1.82) is 5.26 Å². The number of hydrogen-bond donors (Lipinski definition) is 0. The summed E-state index contributed by atoms with van der Waals surface area (Å²) >= 11 is 0. The molecule has 0 spiro atoms. The lowest BCUT2D eigenvalue weighted by atomic mass is 10.1. The molecule has 0 bridgehead atoms. The number of aromatic nitrogens is 7. The molecule has 37 heavy (non-hydrogen) atoms. The van der Waals surface area contributed by atoms with Crippen molar-refractivity contribution in [2.45, 2.75) is 43.0 Å². The van der Waals surface area contributed by atoms with Crippen molar-refractivity contribution in [3.8, 4) is 6.07 Å². The van der Waals surface area contributed by atoms with E-state index in [1.165, 1.54) is 16.4 Å². The highest BCUT2D eigenvalue weighted by Crippen LogP contribution is 2.37. The summed E-state index contributed by atoms with van der Waals surface area (Å²) in [6.45, 7) is 1.91.